The Morgan fingerprint density at radius 1 is 1.33 bits per heavy atom. The quantitative estimate of drug-likeness (QED) is 0.936. The van der Waals surface area contributed by atoms with Crippen LogP contribution < -0.4 is 5.32 Å². The van der Waals surface area contributed by atoms with Gasteiger partial charge in [0.2, 0.25) is 0 Å². The number of hydrogen-bond acceptors (Lipinski definition) is 3. The van der Waals surface area contributed by atoms with E-state index in [2.05, 4.69) is 15.3 Å². The van der Waals surface area contributed by atoms with Crippen LogP contribution in [-0.2, 0) is 0 Å². The summed E-state index contributed by atoms with van der Waals surface area (Å²) in [5.41, 5.74) is 2.77. The maximum atomic E-state index is 12.4. The van der Waals surface area contributed by atoms with Crippen molar-refractivity contribution in [3.8, 4) is 0 Å². The molecule has 1 fully saturated rings. The van der Waals surface area contributed by atoms with Crippen molar-refractivity contribution in [2.75, 3.05) is 5.32 Å². The molecule has 1 aromatic carbocycles. The topological polar surface area (TPSA) is 54.9 Å². The number of aromatic nitrogens is 2. The molecule has 108 valence electrons. The number of amides is 1. The number of carbonyl (C=O) groups excluding carboxylic acids is 1. The summed E-state index contributed by atoms with van der Waals surface area (Å²) in [6, 6.07) is 5.43. The van der Waals surface area contributed by atoms with E-state index in [9.17, 15) is 4.79 Å². The van der Waals surface area contributed by atoms with Crippen molar-refractivity contribution in [3.63, 3.8) is 0 Å². The minimum Gasteiger partial charge on any atom is -0.322 e. The van der Waals surface area contributed by atoms with Crippen molar-refractivity contribution in [2.24, 2.45) is 0 Å². The monoisotopic (exact) mass is 301 g/mol. The maximum absolute atomic E-state index is 12.4. The van der Waals surface area contributed by atoms with E-state index in [0.29, 0.717) is 27.9 Å². The van der Waals surface area contributed by atoms with Crippen LogP contribution in [0.25, 0.3) is 0 Å². The van der Waals surface area contributed by atoms with Crippen molar-refractivity contribution in [1.29, 1.82) is 0 Å². The molecule has 21 heavy (non-hydrogen) atoms. The second kappa shape index (κ2) is 5.45. The molecule has 0 spiro atoms. The first kappa shape index (κ1) is 14.0. The Morgan fingerprint density at radius 2 is 2.10 bits per heavy atom. The molecule has 1 heterocycles. The van der Waals surface area contributed by atoms with Crippen LogP contribution in [0.3, 0.4) is 0 Å². The van der Waals surface area contributed by atoms with Crippen LogP contribution in [0.1, 0.15) is 46.2 Å². The van der Waals surface area contributed by atoms with E-state index in [-0.39, 0.29) is 5.91 Å². The zero-order valence-electron chi connectivity index (χ0n) is 12.0. The number of halogens is 1. The normalized spacial score (nSPS) is 14.0. The van der Waals surface area contributed by atoms with Gasteiger partial charge < -0.3 is 5.32 Å². The summed E-state index contributed by atoms with van der Waals surface area (Å²) in [6.07, 6.45) is 3.91. The summed E-state index contributed by atoms with van der Waals surface area (Å²) in [4.78, 5) is 21.1. The molecule has 0 bridgehead atoms. The first-order chi connectivity index (χ1) is 10.1. The molecule has 0 aliphatic heterocycles. The lowest BCUT2D eigenvalue weighted by Crippen LogP contribution is -2.16. The Morgan fingerprint density at radius 3 is 2.76 bits per heavy atom. The predicted molar refractivity (Wildman–Crippen MR) is 82.9 cm³/mol. The average molecular weight is 302 g/mol. The van der Waals surface area contributed by atoms with Crippen LogP contribution in [0.5, 0.6) is 0 Å². The van der Waals surface area contributed by atoms with Gasteiger partial charge in [-0.1, -0.05) is 17.7 Å². The summed E-state index contributed by atoms with van der Waals surface area (Å²) in [7, 11) is 0. The Balaban J connectivity index is 1.83. The number of benzene rings is 1. The van der Waals surface area contributed by atoms with Crippen LogP contribution in [0.4, 0.5) is 5.69 Å². The van der Waals surface area contributed by atoms with E-state index in [1.165, 1.54) is 0 Å². The van der Waals surface area contributed by atoms with Gasteiger partial charge in [-0.05, 0) is 44.4 Å². The Hall–Kier alpha value is -1.94. The second-order valence-corrected chi connectivity index (χ2v) is 5.78. The Kier molecular flexibility index (Phi) is 3.64. The summed E-state index contributed by atoms with van der Waals surface area (Å²) < 4.78 is 0. The summed E-state index contributed by atoms with van der Waals surface area (Å²) in [5, 5.41) is 3.50. The van der Waals surface area contributed by atoms with Gasteiger partial charge in [-0.3, -0.25) is 4.79 Å². The van der Waals surface area contributed by atoms with Crippen LogP contribution in [-0.4, -0.2) is 15.9 Å². The van der Waals surface area contributed by atoms with Crippen LogP contribution >= 0.6 is 11.6 Å². The zero-order chi connectivity index (χ0) is 15.0. The Bertz CT molecular complexity index is 711. The minimum atomic E-state index is -0.208. The maximum Gasteiger partial charge on any atom is 0.259 e. The molecule has 1 aliphatic rings. The van der Waals surface area contributed by atoms with E-state index in [1.54, 1.807) is 12.3 Å². The standard InChI is InChI=1S/C16H16ClN3O/c1-9-13(17)4-3-5-14(9)20-16(21)12-8-18-15(11-6-7-11)19-10(12)2/h3-5,8,11H,6-7H2,1-2H3,(H,20,21). The number of nitrogens with one attached hydrogen (secondary N) is 1. The smallest absolute Gasteiger partial charge is 0.259 e. The van der Waals surface area contributed by atoms with Gasteiger partial charge in [0, 0.05) is 22.8 Å². The van der Waals surface area contributed by atoms with Gasteiger partial charge >= 0.3 is 0 Å². The third-order valence-electron chi connectivity index (χ3n) is 3.70. The number of carbonyl (C=O) groups is 1. The van der Waals surface area contributed by atoms with Crippen LogP contribution in [0.15, 0.2) is 24.4 Å². The van der Waals surface area contributed by atoms with Crippen molar-refractivity contribution < 1.29 is 4.79 Å². The number of rotatable bonds is 3. The fourth-order valence-electron chi connectivity index (χ4n) is 2.18. The lowest BCUT2D eigenvalue weighted by Gasteiger charge is -2.11. The van der Waals surface area contributed by atoms with E-state index in [4.69, 9.17) is 11.6 Å². The number of anilines is 1. The third-order valence-corrected chi connectivity index (χ3v) is 4.11. The van der Waals surface area contributed by atoms with E-state index >= 15 is 0 Å². The highest BCUT2D eigenvalue weighted by atomic mass is 35.5. The highest BCUT2D eigenvalue weighted by molar-refractivity contribution is 6.31. The lowest BCUT2D eigenvalue weighted by atomic mass is 10.1. The Labute approximate surface area is 128 Å². The first-order valence-electron chi connectivity index (χ1n) is 6.96. The molecule has 1 saturated carbocycles. The van der Waals surface area contributed by atoms with Gasteiger partial charge in [0.15, 0.2) is 0 Å². The van der Waals surface area contributed by atoms with Crippen LogP contribution in [0.2, 0.25) is 5.02 Å². The van der Waals surface area contributed by atoms with Crippen molar-refractivity contribution in [2.45, 2.75) is 32.6 Å². The van der Waals surface area contributed by atoms with Gasteiger partial charge in [0.05, 0.1) is 11.3 Å². The molecular weight excluding hydrogens is 286 g/mol. The van der Waals surface area contributed by atoms with Gasteiger partial charge in [-0.2, -0.15) is 0 Å². The number of hydrogen-bond donors (Lipinski definition) is 1. The lowest BCUT2D eigenvalue weighted by molar-refractivity contribution is 0.102. The largest absolute Gasteiger partial charge is 0.322 e. The minimum absolute atomic E-state index is 0.208. The first-order valence-corrected chi connectivity index (χ1v) is 7.34. The average Bonchev–Trinajstić information content (AvgIpc) is 3.28. The molecule has 1 amide bonds. The zero-order valence-corrected chi connectivity index (χ0v) is 12.7. The molecule has 0 unspecified atom stereocenters. The van der Waals surface area contributed by atoms with Crippen molar-refractivity contribution in [3.05, 3.63) is 52.1 Å². The molecule has 0 atom stereocenters. The van der Waals surface area contributed by atoms with E-state index in [1.807, 2.05) is 26.0 Å². The van der Waals surface area contributed by atoms with Crippen LogP contribution in [0, 0.1) is 13.8 Å². The molecule has 0 radical (unpaired) electrons. The SMILES string of the molecule is Cc1nc(C2CC2)ncc1C(=O)Nc1cccc(Cl)c1C. The fourth-order valence-corrected chi connectivity index (χ4v) is 2.35. The summed E-state index contributed by atoms with van der Waals surface area (Å²) >= 11 is 6.06. The van der Waals surface area contributed by atoms with Crippen molar-refractivity contribution in [1.82, 2.24) is 9.97 Å². The molecule has 1 N–H and O–H groups in total. The fraction of sp³-hybridized carbons (Fsp3) is 0.312. The number of nitrogens with zero attached hydrogens (tertiary/aromatic N) is 2. The predicted octanol–water partition coefficient (Wildman–Crippen LogP) is 3.88. The molecule has 3 rings (SSSR count). The molecule has 4 nitrogen and oxygen atoms in total. The molecule has 2 aromatic rings. The summed E-state index contributed by atoms with van der Waals surface area (Å²) in [5.74, 6) is 1.12. The van der Waals surface area contributed by atoms with E-state index in [0.717, 1.165) is 24.2 Å². The molecule has 5 heteroatoms. The summed E-state index contributed by atoms with van der Waals surface area (Å²) in [6.45, 7) is 3.71. The highest BCUT2D eigenvalue weighted by Gasteiger charge is 2.27. The molecule has 0 saturated heterocycles. The molecule has 1 aliphatic carbocycles. The van der Waals surface area contributed by atoms with Gasteiger partial charge in [0.1, 0.15) is 5.82 Å². The third kappa shape index (κ3) is 2.90. The van der Waals surface area contributed by atoms with Gasteiger partial charge in [-0.15, -0.1) is 0 Å². The molecule has 1 aromatic heterocycles. The van der Waals surface area contributed by atoms with Gasteiger partial charge in [-0.25, -0.2) is 9.97 Å². The van der Waals surface area contributed by atoms with E-state index < -0.39 is 0 Å². The van der Waals surface area contributed by atoms with Crippen molar-refractivity contribution >= 4 is 23.2 Å². The highest BCUT2D eigenvalue weighted by Crippen LogP contribution is 2.38. The second-order valence-electron chi connectivity index (χ2n) is 5.37. The molecular formula is C16H16ClN3O. The number of aryl methyl sites for hydroxylation is 1. The van der Waals surface area contributed by atoms with Gasteiger partial charge in [0.25, 0.3) is 5.91 Å².